The van der Waals surface area contributed by atoms with E-state index in [2.05, 4.69) is 22.8 Å². The van der Waals surface area contributed by atoms with Crippen LogP contribution in [0.2, 0.25) is 0 Å². The number of sulfonamides is 1. The number of anilines is 3. The summed E-state index contributed by atoms with van der Waals surface area (Å²) in [5.74, 6) is -0.881. The summed E-state index contributed by atoms with van der Waals surface area (Å²) in [6.45, 7) is 1.90. The van der Waals surface area contributed by atoms with E-state index in [1.165, 1.54) is 42.2 Å². The molecule has 1 fully saturated rings. The molecule has 0 saturated heterocycles. The molecule has 256 valence electrons. The third kappa shape index (κ3) is 8.85. The highest BCUT2D eigenvalue weighted by Crippen LogP contribution is 2.34. The maximum absolute atomic E-state index is 14.0. The Morgan fingerprint density at radius 1 is 0.837 bits per heavy atom. The van der Waals surface area contributed by atoms with Gasteiger partial charge in [0.1, 0.15) is 0 Å². The van der Waals surface area contributed by atoms with Crippen LogP contribution in [0.1, 0.15) is 71.5 Å². The predicted octanol–water partition coefficient (Wildman–Crippen LogP) is 7.31. The van der Waals surface area contributed by atoms with Crippen LogP contribution in [0.25, 0.3) is 0 Å². The van der Waals surface area contributed by atoms with Gasteiger partial charge in [-0.15, -0.1) is 0 Å². The molecule has 5 rings (SSSR count). The molecular weight excluding hydrogens is 641 g/mol. The van der Waals surface area contributed by atoms with Crippen LogP contribution < -0.4 is 19.8 Å². The second-order valence-corrected chi connectivity index (χ2v) is 14.3. The number of benzene rings is 4. The molecule has 0 unspecified atom stereocenters. The minimum absolute atomic E-state index is 0.0191. The van der Waals surface area contributed by atoms with Gasteiger partial charge in [0, 0.05) is 30.5 Å². The molecule has 0 aromatic heterocycles. The van der Waals surface area contributed by atoms with E-state index in [4.69, 9.17) is 5.11 Å². The highest BCUT2D eigenvalue weighted by Gasteiger charge is 2.25. The monoisotopic (exact) mass is 682 g/mol. The van der Waals surface area contributed by atoms with E-state index >= 15 is 0 Å². The van der Waals surface area contributed by atoms with Gasteiger partial charge in [0.05, 0.1) is 23.5 Å². The molecule has 3 amide bonds. The van der Waals surface area contributed by atoms with E-state index in [1.807, 2.05) is 18.2 Å². The lowest BCUT2D eigenvalue weighted by Crippen LogP contribution is -2.34. The Morgan fingerprint density at radius 2 is 1.51 bits per heavy atom. The lowest BCUT2D eigenvalue weighted by atomic mass is 9.84. The number of carbonyl (C=O) groups is 3. The van der Waals surface area contributed by atoms with E-state index < -0.39 is 22.0 Å². The predicted molar refractivity (Wildman–Crippen MR) is 192 cm³/mol. The summed E-state index contributed by atoms with van der Waals surface area (Å²) < 4.78 is 28.5. The summed E-state index contributed by atoms with van der Waals surface area (Å²) in [6.07, 6.45) is 5.81. The molecule has 10 nitrogen and oxygen atoms in total. The van der Waals surface area contributed by atoms with Crippen molar-refractivity contribution in [2.45, 2.75) is 62.8 Å². The topological polar surface area (TPSA) is 136 Å². The van der Waals surface area contributed by atoms with Crippen LogP contribution in [0.15, 0.2) is 102 Å². The molecule has 1 saturated carbocycles. The fourth-order valence-electron chi connectivity index (χ4n) is 6.04. The molecule has 11 heteroatoms. The number of carboxylic acids is 1. The van der Waals surface area contributed by atoms with Crippen molar-refractivity contribution < 1.29 is 27.9 Å². The number of carbonyl (C=O) groups excluding carboxylic acids is 2. The lowest BCUT2D eigenvalue weighted by Gasteiger charge is -2.26. The molecule has 1 aliphatic rings. The number of para-hydroxylation sites is 1. The van der Waals surface area contributed by atoms with Gasteiger partial charge in [-0.1, -0.05) is 67.8 Å². The van der Waals surface area contributed by atoms with E-state index in [0.29, 0.717) is 34.1 Å². The molecule has 0 heterocycles. The Bertz CT molecular complexity index is 1870. The van der Waals surface area contributed by atoms with Crippen LogP contribution in [-0.4, -0.2) is 45.0 Å². The number of carboxylic acid groups (broad SMARTS) is 1. The molecule has 0 atom stereocenters. The standard InChI is InChI=1S/C38H42N4O6S/c1-27-13-20-32(25-35(27)49(47,48)41(2)33-11-7-4-8-12-33)40-38(46)42(34-21-18-30(19-22-34)29-9-5-3-6-10-29)26-28-14-16-31(17-15-28)37(45)39-24-23-36(43)44/h4,7-8,11-22,25,29H,3,5-6,9-10,23-24,26H2,1-2H3,(H,39,45)(H,40,46)(H,43,44). The number of urea groups is 1. The SMILES string of the molecule is Cc1ccc(NC(=O)N(Cc2ccc(C(=O)NCCC(=O)O)cc2)c2ccc(C3CCCCC3)cc2)cc1S(=O)(=O)N(C)c1ccccc1. The Hall–Kier alpha value is -5.16. The first kappa shape index (κ1) is 35.2. The van der Waals surface area contributed by atoms with Gasteiger partial charge < -0.3 is 15.7 Å². The van der Waals surface area contributed by atoms with E-state index in [-0.39, 0.29) is 30.3 Å². The quantitative estimate of drug-likeness (QED) is 0.143. The summed E-state index contributed by atoms with van der Waals surface area (Å²) in [5.41, 5.74) is 4.43. The van der Waals surface area contributed by atoms with Crippen molar-refractivity contribution in [1.82, 2.24) is 5.32 Å². The highest BCUT2D eigenvalue weighted by atomic mass is 32.2. The number of hydrogen-bond donors (Lipinski definition) is 3. The first-order valence-corrected chi connectivity index (χ1v) is 17.9. The Morgan fingerprint density at radius 3 is 2.16 bits per heavy atom. The van der Waals surface area contributed by atoms with Gasteiger partial charge in [-0.2, -0.15) is 0 Å². The number of aliphatic carboxylic acids is 1. The average Bonchev–Trinajstić information content (AvgIpc) is 3.12. The summed E-state index contributed by atoms with van der Waals surface area (Å²) in [5, 5.41) is 14.3. The Kier molecular flexibility index (Phi) is 11.4. The fourth-order valence-corrected chi connectivity index (χ4v) is 7.49. The number of amides is 3. The Balaban J connectivity index is 1.39. The number of nitrogens with zero attached hydrogens (tertiary/aromatic N) is 2. The van der Waals surface area contributed by atoms with E-state index in [9.17, 15) is 22.8 Å². The molecule has 3 N–H and O–H groups in total. The second kappa shape index (κ2) is 15.8. The van der Waals surface area contributed by atoms with Crippen LogP contribution >= 0.6 is 0 Å². The zero-order valence-corrected chi connectivity index (χ0v) is 28.6. The van der Waals surface area contributed by atoms with E-state index in [1.54, 1.807) is 72.5 Å². The fraction of sp³-hybridized carbons (Fsp3) is 0.289. The van der Waals surface area contributed by atoms with Crippen molar-refractivity contribution in [2.24, 2.45) is 0 Å². The summed E-state index contributed by atoms with van der Waals surface area (Å²) in [4.78, 5) is 38.9. The van der Waals surface area contributed by atoms with Crippen molar-refractivity contribution in [2.75, 3.05) is 28.1 Å². The van der Waals surface area contributed by atoms with Crippen molar-refractivity contribution in [3.8, 4) is 0 Å². The zero-order chi connectivity index (χ0) is 35.0. The summed E-state index contributed by atoms with van der Waals surface area (Å²) in [6, 6.07) is 28.0. The van der Waals surface area contributed by atoms with Crippen molar-refractivity contribution in [3.63, 3.8) is 0 Å². The minimum atomic E-state index is -3.93. The molecule has 0 radical (unpaired) electrons. The number of nitrogens with one attached hydrogen (secondary N) is 2. The van der Waals surface area contributed by atoms with Crippen molar-refractivity contribution in [1.29, 1.82) is 0 Å². The smallest absolute Gasteiger partial charge is 0.326 e. The zero-order valence-electron chi connectivity index (χ0n) is 27.8. The maximum Gasteiger partial charge on any atom is 0.326 e. The van der Waals surface area contributed by atoms with Gasteiger partial charge in [0.25, 0.3) is 15.9 Å². The van der Waals surface area contributed by atoms with Crippen LogP contribution in [0, 0.1) is 6.92 Å². The first-order valence-electron chi connectivity index (χ1n) is 16.4. The van der Waals surface area contributed by atoms with Crippen LogP contribution in [0.5, 0.6) is 0 Å². The van der Waals surface area contributed by atoms with Gasteiger partial charge in [0.15, 0.2) is 0 Å². The first-order chi connectivity index (χ1) is 23.5. The lowest BCUT2D eigenvalue weighted by molar-refractivity contribution is -0.136. The van der Waals surface area contributed by atoms with Gasteiger partial charge in [-0.05, 0) is 90.9 Å². The molecule has 0 spiro atoms. The Labute approximate surface area is 287 Å². The molecule has 49 heavy (non-hydrogen) atoms. The molecule has 4 aromatic carbocycles. The number of rotatable bonds is 12. The van der Waals surface area contributed by atoms with Gasteiger partial charge in [-0.3, -0.25) is 18.8 Å². The third-order valence-corrected chi connectivity index (χ3v) is 10.8. The van der Waals surface area contributed by atoms with Gasteiger partial charge in [-0.25, -0.2) is 13.2 Å². The normalized spacial score (nSPS) is 13.3. The summed E-state index contributed by atoms with van der Waals surface area (Å²) >= 11 is 0. The molecule has 1 aliphatic carbocycles. The highest BCUT2D eigenvalue weighted by molar-refractivity contribution is 7.92. The number of hydrogen-bond acceptors (Lipinski definition) is 5. The van der Waals surface area contributed by atoms with Crippen LogP contribution in [-0.2, 0) is 21.4 Å². The third-order valence-electron chi connectivity index (χ3n) is 8.91. The molecule has 4 aromatic rings. The van der Waals surface area contributed by atoms with Crippen molar-refractivity contribution in [3.05, 3.63) is 119 Å². The largest absolute Gasteiger partial charge is 0.481 e. The minimum Gasteiger partial charge on any atom is -0.481 e. The van der Waals surface area contributed by atoms with Crippen LogP contribution in [0.4, 0.5) is 21.9 Å². The molecular formula is C38H42N4O6S. The van der Waals surface area contributed by atoms with Gasteiger partial charge in [0.2, 0.25) is 0 Å². The summed E-state index contributed by atoms with van der Waals surface area (Å²) in [7, 11) is -2.43. The maximum atomic E-state index is 14.0. The number of aryl methyl sites for hydroxylation is 1. The molecule has 0 aliphatic heterocycles. The molecule has 0 bridgehead atoms. The van der Waals surface area contributed by atoms with Crippen molar-refractivity contribution >= 4 is 45.0 Å². The van der Waals surface area contributed by atoms with Crippen LogP contribution in [0.3, 0.4) is 0 Å². The van der Waals surface area contributed by atoms with Gasteiger partial charge >= 0.3 is 12.0 Å². The second-order valence-electron chi connectivity index (χ2n) is 12.3. The average molecular weight is 683 g/mol. The van der Waals surface area contributed by atoms with E-state index in [0.717, 1.165) is 18.4 Å².